The van der Waals surface area contributed by atoms with Gasteiger partial charge in [-0.1, -0.05) is 0 Å². The van der Waals surface area contributed by atoms with E-state index in [0.717, 1.165) is 15.8 Å². The summed E-state index contributed by atoms with van der Waals surface area (Å²) in [6.07, 6.45) is 0.0767. The van der Waals surface area contributed by atoms with E-state index < -0.39 is 5.97 Å². The summed E-state index contributed by atoms with van der Waals surface area (Å²) in [4.78, 5) is 11.0. The molecular weight excluding hydrogens is 392 g/mol. The van der Waals surface area contributed by atoms with Crippen LogP contribution in [0, 0.1) is 0 Å². The minimum atomic E-state index is -1.06. The molecule has 1 aromatic carbocycles. The van der Waals surface area contributed by atoms with Gasteiger partial charge in [0.2, 0.25) is 0 Å². The smallest absolute Gasteiger partial charge is 0.355 e. The summed E-state index contributed by atoms with van der Waals surface area (Å²) in [5.41, 5.74) is 1.35. The molecule has 20 heavy (non-hydrogen) atoms. The second kappa shape index (κ2) is 5.97. The van der Waals surface area contributed by atoms with Crippen molar-refractivity contribution in [3.63, 3.8) is 0 Å². The number of carbonyl (C=O) groups is 1. The van der Waals surface area contributed by atoms with E-state index in [1.165, 1.54) is 0 Å². The van der Waals surface area contributed by atoms with Crippen molar-refractivity contribution in [2.75, 3.05) is 0 Å². The van der Waals surface area contributed by atoms with Crippen LogP contribution in [0.15, 0.2) is 27.1 Å². The molecule has 1 heterocycles. The number of aromatic carboxylic acids is 1. The summed E-state index contributed by atoms with van der Waals surface area (Å²) < 4.78 is 6.84. The highest BCUT2D eigenvalue weighted by atomic mass is 79.9. The number of nitrogens with zero attached hydrogens (tertiary/aromatic N) is 1. The van der Waals surface area contributed by atoms with Crippen LogP contribution >= 0.6 is 31.9 Å². The number of aromatic nitrogens is 2. The number of halogens is 2. The van der Waals surface area contributed by atoms with E-state index in [-0.39, 0.29) is 11.8 Å². The van der Waals surface area contributed by atoms with Crippen LogP contribution in [0.2, 0.25) is 0 Å². The van der Waals surface area contributed by atoms with Gasteiger partial charge in [-0.15, -0.1) is 0 Å². The van der Waals surface area contributed by atoms with Gasteiger partial charge in [0.1, 0.15) is 11.4 Å². The Balaban J connectivity index is 2.39. The minimum absolute atomic E-state index is 0.0265. The summed E-state index contributed by atoms with van der Waals surface area (Å²) in [6, 6.07) is 5.49. The zero-order valence-corrected chi connectivity index (χ0v) is 13.9. The van der Waals surface area contributed by atoms with Gasteiger partial charge in [0, 0.05) is 5.56 Å². The molecule has 0 radical (unpaired) electrons. The van der Waals surface area contributed by atoms with Gasteiger partial charge in [0.25, 0.3) is 0 Å². The van der Waals surface area contributed by atoms with E-state index in [1.807, 2.05) is 32.0 Å². The maximum absolute atomic E-state index is 11.0. The molecule has 0 aliphatic heterocycles. The predicted molar refractivity (Wildman–Crippen MR) is 82.1 cm³/mol. The van der Waals surface area contributed by atoms with E-state index >= 15 is 0 Å². The molecule has 0 amide bonds. The van der Waals surface area contributed by atoms with Gasteiger partial charge in [0.05, 0.1) is 15.0 Å². The molecule has 0 unspecified atom stereocenters. The van der Waals surface area contributed by atoms with E-state index in [9.17, 15) is 4.79 Å². The van der Waals surface area contributed by atoms with Gasteiger partial charge in [0.15, 0.2) is 5.69 Å². The molecule has 106 valence electrons. The average molecular weight is 404 g/mol. The van der Waals surface area contributed by atoms with Crippen molar-refractivity contribution in [3.8, 4) is 17.0 Å². The number of hydrogen-bond acceptors (Lipinski definition) is 3. The number of benzene rings is 1. The third-order valence-corrected chi connectivity index (χ3v) is 3.88. The molecule has 2 rings (SSSR count). The molecule has 0 fully saturated rings. The lowest BCUT2D eigenvalue weighted by Crippen LogP contribution is -2.05. The third-order valence-electron chi connectivity index (χ3n) is 2.49. The lowest BCUT2D eigenvalue weighted by Gasteiger charge is -2.12. The lowest BCUT2D eigenvalue weighted by atomic mass is 10.1. The highest BCUT2D eigenvalue weighted by Gasteiger charge is 2.18. The third kappa shape index (κ3) is 3.04. The molecule has 2 aromatic rings. The number of H-pyrrole nitrogens is 1. The fraction of sp³-hybridized carbons (Fsp3) is 0.231. The van der Waals surface area contributed by atoms with Crippen LogP contribution in [0.3, 0.4) is 0 Å². The quantitative estimate of drug-likeness (QED) is 0.806. The van der Waals surface area contributed by atoms with Gasteiger partial charge in [-0.25, -0.2) is 4.79 Å². The zero-order chi connectivity index (χ0) is 14.9. The number of ether oxygens (including phenoxy) is 1. The van der Waals surface area contributed by atoms with Crippen molar-refractivity contribution in [2.45, 2.75) is 20.0 Å². The number of carboxylic acids is 1. The Morgan fingerprint density at radius 3 is 2.60 bits per heavy atom. The Morgan fingerprint density at radius 1 is 1.40 bits per heavy atom. The van der Waals surface area contributed by atoms with Crippen molar-refractivity contribution in [2.24, 2.45) is 0 Å². The number of nitrogens with one attached hydrogen (secondary N) is 1. The SMILES string of the molecule is CC(C)Oc1ccc(-c2n[nH]c(C(=O)O)c2Br)cc1Br. The molecule has 0 bridgehead atoms. The largest absolute Gasteiger partial charge is 0.490 e. The molecule has 0 saturated heterocycles. The Hall–Kier alpha value is -1.34. The van der Waals surface area contributed by atoms with Crippen LogP contribution < -0.4 is 4.74 Å². The van der Waals surface area contributed by atoms with E-state index in [2.05, 4.69) is 42.1 Å². The normalized spacial score (nSPS) is 10.8. The molecule has 0 atom stereocenters. The average Bonchev–Trinajstić information content (AvgIpc) is 2.73. The molecule has 2 N–H and O–H groups in total. The maximum atomic E-state index is 11.0. The number of aromatic amines is 1. The first kappa shape index (κ1) is 15.1. The molecule has 7 heteroatoms. The van der Waals surface area contributed by atoms with Crippen molar-refractivity contribution >= 4 is 37.8 Å². The first-order valence-corrected chi connectivity index (χ1v) is 7.42. The van der Waals surface area contributed by atoms with Gasteiger partial charge < -0.3 is 9.84 Å². The van der Waals surface area contributed by atoms with Crippen LogP contribution in [-0.4, -0.2) is 27.4 Å². The van der Waals surface area contributed by atoms with Gasteiger partial charge in [-0.05, 0) is 63.9 Å². The monoisotopic (exact) mass is 402 g/mol. The Kier molecular flexibility index (Phi) is 4.49. The molecule has 0 spiro atoms. The summed E-state index contributed by atoms with van der Waals surface area (Å²) >= 11 is 6.69. The molecule has 5 nitrogen and oxygen atoms in total. The first-order chi connectivity index (χ1) is 9.40. The van der Waals surface area contributed by atoms with Crippen molar-refractivity contribution < 1.29 is 14.6 Å². The van der Waals surface area contributed by atoms with Gasteiger partial charge >= 0.3 is 5.97 Å². The fourth-order valence-corrected chi connectivity index (χ4v) is 2.71. The van der Waals surface area contributed by atoms with Crippen LogP contribution in [-0.2, 0) is 0 Å². The fourth-order valence-electron chi connectivity index (χ4n) is 1.66. The number of rotatable bonds is 4. The van der Waals surface area contributed by atoms with Crippen molar-refractivity contribution in [3.05, 3.63) is 32.8 Å². The highest BCUT2D eigenvalue weighted by molar-refractivity contribution is 9.11. The maximum Gasteiger partial charge on any atom is 0.355 e. The summed E-state index contributed by atoms with van der Waals surface area (Å²) in [5.74, 6) is -0.330. The van der Waals surface area contributed by atoms with Crippen LogP contribution in [0.4, 0.5) is 0 Å². The molecule has 0 aliphatic carbocycles. The lowest BCUT2D eigenvalue weighted by molar-refractivity contribution is 0.0689. The van der Waals surface area contributed by atoms with Crippen molar-refractivity contribution in [1.29, 1.82) is 0 Å². The number of carboxylic acid groups (broad SMARTS) is 1. The minimum Gasteiger partial charge on any atom is -0.490 e. The first-order valence-electron chi connectivity index (χ1n) is 5.84. The predicted octanol–water partition coefficient (Wildman–Crippen LogP) is 4.09. The molecular formula is C13H12Br2N2O3. The van der Waals surface area contributed by atoms with Gasteiger partial charge in [-0.3, -0.25) is 5.10 Å². The summed E-state index contributed by atoms with van der Waals surface area (Å²) in [6.45, 7) is 3.90. The molecule has 0 aliphatic rings. The zero-order valence-electron chi connectivity index (χ0n) is 10.8. The van der Waals surface area contributed by atoms with Crippen LogP contribution in [0.5, 0.6) is 5.75 Å². The van der Waals surface area contributed by atoms with Gasteiger partial charge in [-0.2, -0.15) is 5.10 Å². The molecule has 1 aromatic heterocycles. The van der Waals surface area contributed by atoms with Crippen molar-refractivity contribution in [1.82, 2.24) is 10.2 Å². The highest BCUT2D eigenvalue weighted by Crippen LogP contribution is 2.34. The molecule has 0 saturated carbocycles. The second-order valence-electron chi connectivity index (χ2n) is 4.38. The van der Waals surface area contributed by atoms with E-state index in [4.69, 9.17) is 9.84 Å². The summed E-state index contributed by atoms with van der Waals surface area (Å²) in [5, 5.41) is 15.5. The standard InChI is InChI=1S/C13H12Br2N2O3/c1-6(2)20-9-4-3-7(5-8(9)14)11-10(15)12(13(18)19)17-16-11/h3-6H,1-2H3,(H,16,17)(H,18,19). The summed E-state index contributed by atoms with van der Waals surface area (Å²) in [7, 11) is 0. The van der Waals surface area contributed by atoms with E-state index in [0.29, 0.717) is 10.2 Å². The number of hydrogen-bond donors (Lipinski definition) is 2. The Bertz CT molecular complexity index is 653. The Morgan fingerprint density at radius 2 is 2.10 bits per heavy atom. The topological polar surface area (TPSA) is 75.2 Å². The van der Waals surface area contributed by atoms with E-state index in [1.54, 1.807) is 0 Å². The Labute approximate surface area is 132 Å². The van der Waals surface area contributed by atoms with Crippen LogP contribution in [0.25, 0.3) is 11.3 Å². The van der Waals surface area contributed by atoms with Crippen LogP contribution in [0.1, 0.15) is 24.3 Å². The second-order valence-corrected chi connectivity index (χ2v) is 6.03.